The van der Waals surface area contributed by atoms with Crippen molar-refractivity contribution in [2.75, 3.05) is 5.32 Å². The van der Waals surface area contributed by atoms with Crippen LogP contribution >= 0.6 is 0 Å². The van der Waals surface area contributed by atoms with Crippen LogP contribution in [0.2, 0.25) is 0 Å². The first-order chi connectivity index (χ1) is 7.84. The second-order valence-electron chi connectivity index (χ2n) is 3.60. The molecule has 2 nitrogen and oxygen atoms in total. The smallest absolute Gasteiger partial charge is 0.379 e. The van der Waals surface area contributed by atoms with Crippen LogP contribution in [0.1, 0.15) is 18.9 Å². The Bertz CT molecular complexity index is 434. The van der Waals surface area contributed by atoms with Crippen molar-refractivity contribution in [2.24, 2.45) is 0 Å². The Morgan fingerprint density at radius 2 is 2.06 bits per heavy atom. The maximum atomic E-state index is 13.2. The van der Waals surface area contributed by atoms with E-state index >= 15 is 0 Å². The number of nitriles is 1. The first-order valence-corrected chi connectivity index (χ1v) is 4.85. The first-order valence-electron chi connectivity index (χ1n) is 4.85. The third-order valence-electron chi connectivity index (χ3n) is 2.09. The Labute approximate surface area is 95.9 Å². The van der Waals surface area contributed by atoms with E-state index in [0.717, 1.165) is 6.07 Å². The van der Waals surface area contributed by atoms with Gasteiger partial charge in [-0.15, -0.1) is 0 Å². The van der Waals surface area contributed by atoms with Crippen LogP contribution in [0.5, 0.6) is 0 Å². The zero-order valence-corrected chi connectivity index (χ0v) is 8.98. The van der Waals surface area contributed by atoms with Crippen molar-refractivity contribution >= 4 is 5.69 Å². The zero-order chi connectivity index (χ0) is 13.1. The van der Waals surface area contributed by atoms with Crippen LogP contribution in [-0.4, -0.2) is 6.04 Å². The van der Waals surface area contributed by atoms with Crippen LogP contribution in [0.25, 0.3) is 0 Å². The molecule has 0 saturated carbocycles. The molecule has 1 rings (SSSR count). The average molecular weight is 246 g/mol. The highest BCUT2D eigenvalue weighted by Crippen LogP contribution is 2.32. The third kappa shape index (κ3) is 3.63. The summed E-state index contributed by atoms with van der Waals surface area (Å²) in [4.78, 5) is 0. The number of benzene rings is 1. The molecule has 92 valence electrons. The SMILES string of the molecule is CC(CC#N)Nc1cc(C(F)(F)F)ccc1F. The molecule has 0 bridgehead atoms. The van der Waals surface area contributed by atoms with Crippen molar-refractivity contribution in [3.8, 4) is 6.07 Å². The van der Waals surface area contributed by atoms with Gasteiger partial charge < -0.3 is 5.32 Å². The van der Waals surface area contributed by atoms with E-state index < -0.39 is 23.6 Å². The van der Waals surface area contributed by atoms with E-state index in [9.17, 15) is 17.6 Å². The monoisotopic (exact) mass is 246 g/mol. The van der Waals surface area contributed by atoms with Gasteiger partial charge >= 0.3 is 6.18 Å². The van der Waals surface area contributed by atoms with Gasteiger partial charge in [0.1, 0.15) is 5.82 Å². The summed E-state index contributed by atoms with van der Waals surface area (Å²) in [5.41, 5.74) is -1.17. The molecule has 0 radical (unpaired) electrons. The summed E-state index contributed by atoms with van der Waals surface area (Å²) < 4.78 is 50.4. The summed E-state index contributed by atoms with van der Waals surface area (Å²) in [7, 11) is 0. The average Bonchev–Trinajstić information content (AvgIpc) is 2.20. The highest BCUT2D eigenvalue weighted by Gasteiger charge is 2.31. The van der Waals surface area contributed by atoms with E-state index in [4.69, 9.17) is 5.26 Å². The zero-order valence-electron chi connectivity index (χ0n) is 8.98. The Balaban J connectivity index is 2.96. The topological polar surface area (TPSA) is 35.8 Å². The second kappa shape index (κ2) is 5.04. The van der Waals surface area contributed by atoms with Crippen molar-refractivity contribution in [3.05, 3.63) is 29.6 Å². The molecule has 0 amide bonds. The third-order valence-corrected chi connectivity index (χ3v) is 2.09. The number of hydrogen-bond acceptors (Lipinski definition) is 2. The molecule has 0 aromatic heterocycles. The predicted molar refractivity (Wildman–Crippen MR) is 54.7 cm³/mol. The quantitative estimate of drug-likeness (QED) is 0.828. The van der Waals surface area contributed by atoms with E-state index in [1.165, 1.54) is 0 Å². The van der Waals surface area contributed by atoms with Gasteiger partial charge in [-0.05, 0) is 25.1 Å². The Hall–Kier alpha value is -1.77. The summed E-state index contributed by atoms with van der Waals surface area (Å²) in [6.07, 6.45) is -4.43. The van der Waals surface area contributed by atoms with Gasteiger partial charge in [0.2, 0.25) is 0 Å². The fourth-order valence-corrected chi connectivity index (χ4v) is 1.27. The molecular formula is C11H10F4N2. The maximum absolute atomic E-state index is 13.2. The molecule has 1 aromatic rings. The van der Waals surface area contributed by atoms with Gasteiger partial charge in [-0.3, -0.25) is 0 Å². The Morgan fingerprint density at radius 3 is 2.59 bits per heavy atom. The minimum Gasteiger partial charge on any atom is -0.379 e. The molecule has 0 aliphatic rings. The number of nitrogens with one attached hydrogen (secondary N) is 1. The van der Waals surface area contributed by atoms with Crippen LogP contribution in [0.15, 0.2) is 18.2 Å². The molecule has 0 aliphatic heterocycles. The van der Waals surface area contributed by atoms with E-state index in [1.807, 2.05) is 6.07 Å². The molecule has 1 N–H and O–H groups in total. The molecule has 1 aromatic carbocycles. The summed E-state index contributed by atoms with van der Waals surface area (Å²) in [5, 5.41) is 10.9. The molecule has 1 atom stereocenters. The van der Waals surface area contributed by atoms with E-state index in [1.54, 1.807) is 6.92 Å². The van der Waals surface area contributed by atoms with E-state index in [2.05, 4.69) is 5.32 Å². The maximum Gasteiger partial charge on any atom is 0.416 e. The van der Waals surface area contributed by atoms with Crippen LogP contribution in [0, 0.1) is 17.1 Å². The number of alkyl halides is 3. The fourth-order valence-electron chi connectivity index (χ4n) is 1.27. The second-order valence-corrected chi connectivity index (χ2v) is 3.60. The van der Waals surface area contributed by atoms with Crippen LogP contribution in [0.3, 0.4) is 0 Å². The fraction of sp³-hybridized carbons (Fsp3) is 0.364. The van der Waals surface area contributed by atoms with Crippen LogP contribution in [0.4, 0.5) is 23.2 Å². The van der Waals surface area contributed by atoms with Gasteiger partial charge in [0.25, 0.3) is 0 Å². The Kier molecular flexibility index (Phi) is 3.94. The summed E-state index contributed by atoms with van der Waals surface area (Å²) in [6, 6.07) is 3.55. The summed E-state index contributed by atoms with van der Waals surface area (Å²) >= 11 is 0. The number of anilines is 1. The van der Waals surface area contributed by atoms with Gasteiger partial charge in [0, 0.05) is 6.04 Å². The van der Waals surface area contributed by atoms with Gasteiger partial charge in [-0.2, -0.15) is 18.4 Å². The molecular weight excluding hydrogens is 236 g/mol. The van der Waals surface area contributed by atoms with Crippen LogP contribution in [-0.2, 0) is 6.18 Å². The highest BCUT2D eigenvalue weighted by atomic mass is 19.4. The highest BCUT2D eigenvalue weighted by molar-refractivity contribution is 5.48. The standard InChI is InChI=1S/C11H10F4N2/c1-7(4-5-16)17-10-6-8(11(13,14)15)2-3-9(10)12/h2-3,6-7,17H,4H2,1H3. The molecule has 17 heavy (non-hydrogen) atoms. The largest absolute Gasteiger partial charge is 0.416 e. The normalized spacial score (nSPS) is 12.9. The van der Waals surface area contributed by atoms with Crippen molar-refractivity contribution < 1.29 is 17.6 Å². The lowest BCUT2D eigenvalue weighted by Crippen LogP contribution is -2.16. The number of rotatable bonds is 3. The minimum absolute atomic E-state index is 0.0791. The molecule has 0 saturated heterocycles. The van der Waals surface area contributed by atoms with Crippen LogP contribution < -0.4 is 5.32 Å². The number of nitrogens with zero attached hydrogens (tertiary/aromatic N) is 1. The lowest BCUT2D eigenvalue weighted by atomic mass is 10.1. The lowest BCUT2D eigenvalue weighted by molar-refractivity contribution is -0.137. The molecule has 0 heterocycles. The molecule has 0 aliphatic carbocycles. The van der Waals surface area contributed by atoms with Gasteiger partial charge in [-0.25, -0.2) is 4.39 Å². The van der Waals surface area contributed by atoms with Gasteiger partial charge in [0.15, 0.2) is 0 Å². The van der Waals surface area contributed by atoms with Gasteiger partial charge in [0.05, 0.1) is 23.7 Å². The number of halogens is 4. The lowest BCUT2D eigenvalue weighted by Gasteiger charge is -2.15. The Morgan fingerprint density at radius 1 is 1.41 bits per heavy atom. The summed E-state index contributed by atoms with van der Waals surface area (Å²) in [6.45, 7) is 1.59. The van der Waals surface area contributed by atoms with E-state index in [-0.39, 0.29) is 12.1 Å². The molecule has 6 heteroatoms. The summed E-state index contributed by atoms with van der Waals surface area (Å²) in [5.74, 6) is -0.775. The first kappa shape index (κ1) is 13.3. The minimum atomic E-state index is -4.51. The molecule has 1 unspecified atom stereocenters. The van der Waals surface area contributed by atoms with Crippen molar-refractivity contribution in [3.63, 3.8) is 0 Å². The number of hydrogen-bond donors (Lipinski definition) is 1. The van der Waals surface area contributed by atoms with Crippen molar-refractivity contribution in [1.29, 1.82) is 5.26 Å². The predicted octanol–water partition coefficient (Wildman–Crippen LogP) is 3.56. The van der Waals surface area contributed by atoms with Crippen molar-refractivity contribution in [2.45, 2.75) is 25.6 Å². The molecule has 0 spiro atoms. The van der Waals surface area contributed by atoms with E-state index in [0.29, 0.717) is 12.1 Å². The van der Waals surface area contributed by atoms with Crippen molar-refractivity contribution in [1.82, 2.24) is 0 Å². The van der Waals surface area contributed by atoms with Gasteiger partial charge in [-0.1, -0.05) is 0 Å². The molecule has 0 fully saturated rings.